The van der Waals surface area contributed by atoms with Crippen molar-refractivity contribution in [3.05, 3.63) is 81.9 Å². The molecule has 0 radical (unpaired) electrons. The van der Waals surface area contributed by atoms with Gasteiger partial charge in [0, 0.05) is 24.0 Å². The molecule has 1 N–H and O–H groups in total. The number of nitrogens with zero attached hydrogens (tertiary/aromatic N) is 3. The van der Waals surface area contributed by atoms with Gasteiger partial charge in [0.15, 0.2) is 5.69 Å². The lowest BCUT2D eigenvalue weighted by atomic mass is 10.2. The topological polar surface area (TPSA) is 90.1 Å². The highest BCUT2D eigenvalue weighted by atomic mass is 19.1. The molecule has 0 spiro atoms. The van der Waals surface area contributed by atoms with Crippen molar-refractivity contribution in [3.8, 4) is 5.69 Å². The number of amides is 1. The van der Waals surface area contributed by atoms with Crippen molar-refractivity contribution >= 4 is 17.3 Å². The van der Waals surface area contributed by atoms with E-state index in [0.717, 1.165) is 0 Å². The third-order valence-electron chi connectivity index (χ3n) is 3.56. The molecule has 1 aromatic heterocycles. The van der Waals surface area contributed by atoms with Gasteiger partial charge in [0.25, 0.3) is 11.6 Å². The quantitative estimate of drug-likeness (QED) is 0.581. The number of hydrogen-bond acceptors (Lipinski definition) is 4. The Morgan fingerprint density at radius 2 is 2.04 bits per heavy atom. The molecule has 3 aromatic rings. The standard InChI is InChI=1S/C17H13FN4O3/c1-11-5-6-12(9-15(11)18)19-17(23)16-7-8-21(20-16)13-3-2-4-14(10-13)22(24)25/h2-10H,1H3,(H,19,23). The Morgan fingerprint density at radius 1 is 1.24 bits per heavy atom. The van der Waals surface area contributed by atoms with Crippen LogP contribution in [0.5, 0.6) is 0 Å². The minimum Gasteiger partial charge on any atom is -0.320 e. The summed E-state index contributed by atoms with van der Waals surface area (Å²) in [5.41, 5.74) is 1.28. The summed E-state index contributed by atoms with van der Waals surface area (Å²) in [7, 11) is 0. The molecule has 0 saturated carbocycles. The molecule has 2 aromatic carbocycles. The van der Waals surface area contributed by atoms with Gasteiger partial charge >= 0.3 is 0 Å². The van der Waals surface area contributed by atoms with E-state index >= 15 is 0 Å². The number of aryl methyl sites for hydroxylation is 1. The average Bonchev–Trinajstić information content (AvgIpc) is 3.08. The highest BCUT2D eigenvalue weighted by Crippen LogP contribution is 2.17. The number of nitro benzene ring substituents is 1. The molecule has 0 aliphatic carbocycles. The van der Waals surface area contributed by atoms with Gasteiger partial charge in [-0.15, -0.1) is 0 Å². The van der Waals surface area contributed by atoms with Crippen molar-refractivity contribution in [2.75, 3.05) is 5.32 Å². The smallest absolute Gasteiger partial charge is 0.276 e. The Labute approximate surface area is 141 Å². The van der Waals surface area contributed by atoms with E-state index in [2.05, 4.69) is 10.4 Å². The van der Waals surface area contributed by atoms with Crippen molar-refractivity contribution in [2.45, 2.75) is 6.92 Å². The van der Waals surface area contributed by atoms with Gasteiger partial charge in [-0.05, 0) is 36.8 Å². The van der Waals surface area contributed by atoms with Crippen molar-refractivity contribution in [1.82, 2.24) is 9.78 Å². The first-order valence-corrected chi connectivity index (χ1v) is 7.32. The number of carbonyl (C=O) groups is 1. The fourth-order valence-corrected chi connectivity index (χ4v) is 2.20. The van der Waals surface area contributed by atoms with Crippen LogP contribution in [0.4, 0.5) is 15.8 Å². The van der Waals surface area contributed by atoms with Crippen LogP contribution in [0.2, 0.25) is 0 Å². The number of nitro groups is 1. The normalized spacial score (nSPS) is 10.5. The van der Waals surface area contributed by atoms with Gasteiger partial charge in [0.2, 0.25) is 0 Å². The third kappa shape index (κ3) is 3.52. The summed E-state index contributed by atoms with van der Waals surface area (Å²) in [5, 5.41) is 17.5. The summed E-state index contributed by atoms with van der Waals surface area (Å²) in [4.78, 5) is 22.5. The molecule has 0 fully saturated rings. The Morgan fingerprint density at radius 3 is 2.76 bits per heavy atom. The minimum absolute atomic E-state index is 0.0749. The van der Waals surface area contributed by atoms with E-state index in [1.165, 1.54) is 41.2 Å². The minimum atomic E-state index is -0.507. The highest BCUT2D eigenvalue weighted by Gasteiger charge is 2.13. The molecule has 1 heterocycles. The van der Waals surface area contributed by atoms with E-state index in [9.17, 15) is 19.3 Å². The number of rotatable bonds is 4. The summed E-state index contributed by atoms with van der Waals surface area (Å²) in [5.74, 6) is -0.924. The highest BCUT2D eigenvalue weighted by molar-refractivity contribution is 6.02. The number of aromatic nitrogens is 2. The number of carbonyl (C=O) groups excluding carboxylic acids is 1. The van der Waals surface area contributed by atoms with Gasteiger partial charge < -0.3 is 5.32 Å². The maximum absolute atomic E-state index is 13.5. The van der Waals surface area contributed by atoms with Gasteiger partial charge in [-0.2, -0.15) is 5.10 Å². The fraction of sp³-hybridized carbons (Fsp3) is 0.0588. The number of halogens is 1. The molecule has 0 saturated heterocycles. The van der Waals surface area contributed by atoms with Crippen molar-refractivity contribution < 1.29 is 14.1 Å². The van der Waals surface area contributed by atoms with Crippen LogP contribution in [0.3, 0.4) is 0 Å². The Kier molecular flexibility index (Phi) is 4.25. The molecule has 0 atom stereocenters. The predicted molar refractivity (Wildman–Crippen MR) is 89.3 cm³/mol. The van der Waals surface area contributed by atoms with Gasteiger partial charge in [-0.25, -0.2) is 9.07 Å². The SMILES string of the molecule is Cc1ccc(NC(=O)c2ccn(-c3cccc([N+](=O)[O-])c3)n2)cc1F. The summed E-state index contributed by atoms with van der Waals surface area (Å²) < 4.78 is 14.9. The molecule has 0 aliphatic heterocycles. The lowest BCUT2D eigenvalue weighted by Gasteiger charge is -2.05. The van der Waals surface area contributed by atoms with E-state index in [-0.39, 0.29) is 11.4 Å². The molecular weight excluding hydrogens is 327 g/mol. The van der Waals surface area contributed by atoms with E-state index < -0.39 is 16.6 Å². The van der Waals surface area contributed by atoms with Gasteiger partial charge in [0.05, 0.1) is 10.6 Å². The number of hydrogen-bond donors (Lipinski definition) is 1. The number of non-ortho nitro benzene ring substituents is 1. The largest absolute Gasteiger partial charge is 0.320 e. The Bertz CT molecular complexity index is 968. The molecule has 7 nitrogen and oxygen atoms in total. The first-order valence-electron chi connectivity index (χ1n) is 7.32. The molecule has 3 rings (SSSR count). The first kappa shape index (κ1) is 16.3. The molecule has 0 unspecified atom stereocenters. The van der Waals surface area contributed by atoms with Crippen LogP contribution < -0.4 is 5.32 Å². The first-order chi connectivity index (χ1) is 11.9. The number of nitrogens with one attached hydrogen (secondary N) is 1. The maximum atomic E-state index is 13.5. The van der Waals surface area contributed by atoms with Crippen LogP contribution in [-0.4, -0.2) is 20.6 Å². The molecule has 1 amide bonds. The summed E-state index contributed by atoms with van der Waals surface area (Å²) in [6.45, 7) is 1.63. The van der Waals surface area contributed by atoms with Crippen LogP contribution in [-0.2, 0) is 0 Å². The van der Waals surface area contributed by atoms with Crippen LogP contribution in [0.25, 0.3) is 5.69 Å². The summed E-state index contributed by atoms with van der Waals surface area (Å²) in [6, 6.07) is 11.7. The second kappa shape index (κ2) is 6.52. The zero-order valence-corrected chi connectivity index (χ0v) is 13.1. The fourth-order valence-electron chi connectivity index (χ4n) is 2.20. The molecular formula is C17H13FN4O3. The summed E-state index contributed by atoms with van der Waals surface area (Å²) in [6.07, 6.45) is 1.52. The second-order valence-corrected chi connectivity index (χ2v) is 5.34. The maximum Gasteiger partial charge on any atom is 0.276 e. The molecule has 8 heteroatoms. The summed E-state index contributed by atoms with van der Waals surface area (Å²) >= 11 is 0. The van der Waals surface area contributed by atoms with Crippen molar-refractivity contribution in [3.63, 3.8) is 0 Å². The third-order valence-corrected chi connectivity index (χ3v) is 3.56. The Balaban J connectivity index is 1.81. The molecule has 25 heavy (non-hydrogen) atoms. The van der Waals surface area contributed by atoms with Crippen molar-refractivity contribution in [1.29, 1.82) is 0 Å². The van der Waals surface area contributed by atoms with Gasteiger partial charge in [0.1, 0.15) is 5.82 Å². The van der Waals surface area contributed by atoms with Crippen LogP contribution >= 0.6 is 0 Å². The number of anilines is 1. The molecule has 126 valence electrons. The zero-order chi connectivity index (χ0) is 18.0. The molecule has 0 bridgehead atoms. The number of benzene rings is 2. The predicted octanol–water partition coefficient (Wildman–Crippen LogP) is 3.48. The van der Waals surface area contributed by atoms with E-state index in [4.69, 9.17) is 0 Å². The zero-order valence-electron chi connectivity index (χ0n) is 13.1. The van der Waals surface area contributed by atoms with E-state index in [0.29, 0.717) is 16.9 Å². The molecule has 0 aliphatic rings. The Hall–Kier alpha value is -3.55. The second-order valence-electron chi connectivity index (χ2n) is 5.34. The van der Waals surface area contributed by atoms with Crippen LogP contribution in [0.1, 0.15) is 16.1 Å². The average molecular weight is 340 g/mol. The van der Waals surface area contributed by atoms with Crippen molar-refractivity contribution in [2.24, 2.45) is 0 Å². The van der Waals surface area contributed by atoms with E-state index in [1.54, 1.807) is 25.1 Å². The van der Waals surface area contributed by atoms with Gasteiger partial charge in [-0.1, -0.05) is 12.1 Å². The van der Waals surface area contributed by atoms with Crippen LogP contribution in [0.15, 0.2) is 54.7 Å². The van der Waals surface area contributed by atoms with Gasteiger partial charge in [-0.3, -0.25) is 14.9 Å². The lowest BCUT2D eigenvalue weighted by Crippen LogP contribution is -2.13. The van der Waals surface area contributed by atoms with E-state index in [1.807, 2.05) is 0 Å². The lowest BCUT2D eigenvalue weighted by molar-refractivity contribution is -0.384. The van der Waals surface area contributed by atoms with Crippen LogP contribution in [0, 0.1) is 22.9 Å². The monoisotopic (exact) mass is 340 g/mol.